The van der Waals surface area contributed by atoms with Gasteiger partial charge in [-0.05, 0) is 18.1 Å². The molecule has 2 amide bonds. The first-order valence-electron chi connectivity index (χ1n) is 6.64. The highest BCUT2D eigenvalue weighted by molar-refractivity contribution is 5.96. The molecule has 0 radical (unpaired) electrons. The third-order valence-electron chi connectivity index (χ3n) is 3.69. The van der Waals surface area contributed by atoms with Crippen LogP contribution < -0.4 is 5.32 Å². The zero-order valence-corrected chi connectivity index (χ0v) is 11.9. The minimum atomic E-state index is -0.883. The highest BCUT2D eigenvalue weighted by Gasteiger charge is 2.37. The fourth-order valence-corrected chi connectivity index (χ4v) is 2.42. The molecule has 0 aromatic carbocycles. The third kappa shape index (κ3) is 3.01. The Morgan fingerprint density at radius 1 is 1.33 bits per heavy atom. The number of nitrogens with one attached hydrogen (secondary N) is 1. The molecule has 7 nitrogen and oxygen atoms in total. The van der Waals surface area contributed by atoms with Crippen LogP contribution in [0, 0.1) is 11.8 Å². The molecule has 1 saturated heterocycles. The molecule has 1 aromatic rings. The number of amides is 2. The number of carbonyl (C=O) groups excluding carboxylic acids is 2. The smallest absolute Gasteiger partial charge is 0.308 e. The molecule has 1 fully saturated rings. The zero-order valence-electron chi connectivity index (χ0n) is 11.9. The van der Waals surface area contributed by atoms with E-state index in [1.807, 2.05) is 6.92 Å². The molecule has 7 heteroatoms. The van der Waals surface area contributed by atoms with Crippen molar-refractivity contribution in [2.45, 2.75) is 6.92 Å². The Morgan fingerprint density at radius 2 is 2.05 bits per heavy atom. The van der Waals surface area contributed by atoms with Crippen LogP contribution in [0.1, 0.15) is 27.8 Å². The van der Waals surface area contributed by atoms with E-state index in [-0.39, 0.29) is 30.0 Å². The number of hydrogen-bond donors (Lipinski definition) is 2. The molecule has 2 N–H and O–H groups in total. The monoisotopic (exact) mass is 291 g/mol. The van der Waals surface area contributed by atoms with Crippen molar-refractivity contribution in [1.29, 1.82) is 0 Å². The molecule has 2 atom stereocenters. The molecule has 0 spiro atoms. The summed E-state index contributed by atoms with van der Waals surface area (Å²) in [5.41, 5.74) is 0.577. The van der Waals surface area contributed by atoms with Crippen molar-refractivity contribution in [3.8, 4) is 0 Å². The van der Waals surface area contributed by atoms with Crippen molar-refractivity contribution in [3.63, 3.8) is 0 Å². The highest BCUT2D eigenvalue weighted by Crippen LogP contribution is 2.24. The number of nitrogens with zero attached hydrogens (tertiary/aromatic N) is 2. The van der Waals surface area contributed by atoms with Gasteiger partial charge in [0.05, 0.1) is 11.5 Å². The summed E-state index contributed by atoms with van der Waals surface area (Å²) in [5, 5.41) is 11.5. The number of carboxylic acids is 1. The average molecular weight is 291 g/mol. The van der Waals surface area contributed by atoms with Crippen LogP contribution in [0.2, 0.25) is 0 Å². The molecule has 1 aliphatic rings. The van der Waals surface area contributed by atoms with Gasteiger partial charge < -0.3 is 15.3 Å². The maximum Gasteiger partial charge on any atom is 0.308 e. The summed E-state index contributed by atoms with van der Waals surface area (Å²) in [7, 11) is 1.50. The second kappa shape index (κ2) is 5.90. The minimum absolute atomic E-state index is 0.0791. The maximum atomic E-state index is 12.3. The Bertz CT molecular complexity index is 570. The molecule has 0 bridgehead atoms. The van der Waals surface area contributed by atoms with Gasteiger partial charge in [-0.2, -0.15) is 0 Å². The number of aliphatic carboxylic acids is 1. The van der Waals surface area contributed by atoms with E-state index in [0.29, 0.717) is 12.1 Å². The Balaban J connectivity index is 2.11. The molecule has 1 aromatic heterocycles. The van der Waals surface area contributed by atoms with E-state index >= 15 is 0 Å². The first kappa shape index (κ1) is 15.0. The van der Waals surface area contributed by atoms with Crippen LogP contribution in [0.4, 0.5) is 0 Å². The molecule has 21 heavy (non-hydrogen) atoms. The van der Waals surface area contributed by atoms with Gasteiger partial charge in [0.2, 0.25) is 0 Å². The van der Waals surface area contributed by atoms with Crippen LogP contribution >= 0.6 is 0 Å². The van der Waals surface area contributed by atoms with E-state index < -0.39 is 11.9 Å². The second-order valence-electron chi connectivity index (χ2n) is 5.14. The molecule has 112 valence electrons. The van der Waals surface area contributed by atoms with Crippen molar-refractivity contribution < 1.29 is 19.5 Å². The molecular formula is C14H17N3O4. The van der Waals surface area contributed by atoms with Gasteiger partial charge in [0.1, 0.15) is 5.69 Å². The zero-order chi connectivity index (χ0) is 15.6. The van der Waals surface area contributed by atoms with Crippen LogP contribution in [-0.4, -0.2) is 52.9 Å². The molecule has 2 heterocycles. The fraction of sp³-hybridized carbons (Fsp3) is 0.429. The Kier molecular flexibility index (Phi) is 4.21. The predicted molar refractivity (Wildman–Crippen MR) is 73.8 cm³/mol. The number of aromatic nitrogens is 1. The van der Waals surface area contributed by atoms with Gasteiger partial charge in [0, 0.05) is 26.3 Å². The van der Waals surface area contributed by atoms with Crippen molar-refractivity contribution in [2.24, 2.45) is 11.8 Å². The SMILES string of the molecule is CNC(=O)c1ccc(C(=O)N2C[C@@H](C)[C@H](C(=O)O)C2)cn1. The predicted octanol–water partition coefficient (Wildman–Crippen LogP) is 0.234. The number of carboxylic acid groups (broad SMARTS) is 1. The molecule has 1 aliphatic heterocycles. The quantitative estimate of drug-likeness (QED) is 0.830. The van der Waals surface area contributed by atoms with Crippen LogP contribution in [0.15, 0.2) is 18.3 Å². The normalized spacial score (nSPS) is 21.1. The fourth-order valence-electron chi connectivity index (χ4n) is 2.42. The third-order valence-corrected chi connectivity index (χ3v) is 3.69. The topological polar surface area (TPSA) is 99.6 Å². The van der Waals surface area contributed by atoms with Crippen molar-refractivity contribution >= 4 is 17.8 Å². The molecule has 0 unspecified atom stereocenters. The molecule has 2 rings (SSSR count). The standard InChI is InChI=1S/C14H17N3O4/c1-8-6-17(7-10(8)14(20)21)13(19)9-3-4-11(16-5-9)12(18)15-2/h3-5,8,10H,6-7H2,1-2H3,(H,15,18)(H,20,21)/t8-,10-/m1/s1. The van der Waals surface area contributed by atoms with E-state index in [0.717, 1.165) is 0 Å². The number of carbonyl (C=O) groups is 3. The Hall–Kier alpha value is -2.44. The highest BCUT2D eigenvalue weighted by atomic mass is 16.4. The van der Waals surface area contributed by atoms with Gasteiger partial charge in [-0.25, -0.2) is 0 Å². The number of likely N-dealkylation sites (tertiary alicyclic amines) is 1. The maximum absolute atomic E-state index is 12.3. The largest absolute Gasteiger partial charge is 0.481 e. The molecule has 0 aliphatic carbocycles. The van der Waals surface area contributed by atoms with Crippen LogP contribution in [0.3, 0.4) is 0 Å². The Labute approximate surface area is 122 Å². The first-order valence-corrected chi connectivity index (χ1v) is 6.64. The number of pyridine rings is 1. The summed E-state index contributed by atoms with van der Waals surface area (Å²) in [4.78, 5) is 40.2. The lowest BCUT2D eigenvalue weighted by atomic mass is 9.99. The summed E-state index contributed by atoms with van der Waals surface area (Å²) in [5.74, 6) is -2.08. The summed E-state index contributed by atoms with van der Waals surface area (Å²) in [6, 6.07) is 3.00. The van der Waals surface area contributed by atoms with E-state index in [9.17, 15) is 14.4 Å². The summed E-state index contributed by atoms with van der Waals surface area (Å²) < 4.78 is 0. The van der Waals surface area contributed by atoms with Gasteiger partial charge in [0.15, 0.2) is 0 Å². The summed E-state index contributed by atoms with van der Waals surface area (Å²) in [6.45, 7) is 2.43. The second-order valence-corrected chi connectivity index (χ2v) is 5.14. The minimum Gasteiger partial charge on any atom is -0.481 e. The summed E-state index contributed by atoms with van der Waals surface area (Å²) in [6.07, 6.45) is 1.34. The lowest BCUT2D eigenvalue weighted by molar-refractivity contribution is -0.142. The van der Waals surface area contributed by atoms with Gasteiger partial charge >= 0.3 is 5.97 Å². The summed E-state index contributed by atoms with van der Waals surface area (Å²) >= 11 is 0. The average Bonchev–Trinajstić information content (AvgIpc) is 2.88. The van der Waals surface area contributed by atoms with Crippen molar-refractivity contribution in [1.82, 2.24) is 15.2 Å². The van der Waals surface area contributed by atoms with Gasteiger partial charge in [0.25, 0.3) is 11.8 Å². The van der Waals surface area contributed by atoms with Gasteiger partial charge in [-0.1, -0.05) is 6.92 Å². The van der Waals surface area contributed by atoms with Crippen molar-refractivity contribution in [3.05, 3.63) is 29.6 Å². The lowest BCUT2D eigenvalue weighted by Crippen LogP contribution is -2.30. The number of hydrogen-bond acceptors (Lipinski definition) is 4. The van der Waals surface area contributed by atoms with Crippen LogP contribution in [-0.2, 0) is 4.79 Å². The molecular weight excluding hydrogens is 274 g/mol. The van der Waals surface area contributed by atoms with Gasteiger partial charge in [-0.3, -0.25) is 19.4 Å². The first-order chi connectivity index (χ1) is 9.93. The van der Waals surface area contributed by atoms with E-state index in [1.165, 1.54) is 30.3 Å². The lowest BCUT2D eigenvalue weighted by Gasteiger charge is -2.15. The van der Waals surface area contributed by atoms with Crippen LogP contribution in [0.25, 0.3) is 0 Å². The molecule has 0 saturated carbocycles. The Morgan fingerprint density at radius 3 is 2.52 bits per heavy atom. The number of rotatable bonds is 3. The van der Waals surface area contributed by atoms with Crippen LogP contribution in [0.5, 0.6) is 0 Å². The van der Waals surface area contributed by atoms with E-state index in [4.69, 9.17) is 5.11 Å². The van der Waals surface area contributed by atoms with E-state index in [2.05, 4.69) is 10.3 Å². The van der Waals surface area contributed by atoms with Gasteiger partial charge in [-0.15, -0.1) is 0 Å². The van der Waals surface area contributed by atoms with E-state index in [1.54, 1.807) is 0 Å². The van der Waals surface area contributed by atoms with Crippen molar-refractivity contribution in [2.75, 3.05) is 20.1 Å².